The highest BCUT2D eigenvalue weighted by Gasteiger charge is 2.27. The van der Waals surface area contributed by atoms with Gasteiger partial charge in [-0.1, -0.05) is 12.1 Å². The Bertz CT molecular complexity index is 832. The first kappa shape index (κ1) is 23.5. The Morgan fingerprint density at radius 2 is 2.07 bits per heavy atom. The number of aryl methyl sites for hydroxylation is 2. The van der Waals surface area contributed by atoms with Crippen LogP contribution in [-0.2, 0) is 18.6 Å². The van der Waals surface area contributed by atoms with Crippen LogP contribution >= 0.6 is 24.0 Å². The molecule has 160 valence electrons. The number of guanidine groups is 1. The predicted molar refractivity (Wildman–Crippen MR) is 129 cm³/mol. The van der Waals surface area contributed by atoms with Gasteiger partial charge in [0, 0.05) is 25.8 Å². The van der Waals surface area contributed by atoms with Crippen LogP contribution in [0.25, 0.3) is 0 Å². The third kappa shape index (κ3) is 6.12. The number of hydrogen-bond acceptors (Lipinski definition) is 4. The lowest BCUT2D eigenvalue weighted by Crippen LogP contribution is -2.44. The molecule has 0 bridgehead atoms. The summed E-state index contributed by atoms with van der Waals surface area (Å²) in [6.07, 6.45) is 2.32. The summed E-state index contributed by atoms with van der Waals surface area (Å²) >= 11 is 0. The van der Waals surface area contributed by atoms with Gasteiger partial charge in [0.05, 0.1) is 13.1 Å². The molecule has 0 fully saturated rings. The zero-order valence-electron chi connectivity index (χ0n) is 17.8. The molecule has 1 aromatic heterocycles. The number of nitrogens with one attached hydrogen (secondary N) is 2. The Labute approximate surface area is 190 Å². The number of rotatable bonds is 6. The summed E-state index contributed by atoms with van der Waals surface area (Å²) in [5.74, 6) is 2.02. The summed E-state index contributed by atoms with van der Waals surface area (Å²) in [4.78, 5) is 7.01. The van der Waals surface area contributed by atoms with Crippen molar-refractivity contribution in [2.75, 3.05) is 31.6 Å². The van der Waals surface area contributed by atoms with Crippen molar-refractivity contribution in [1.82, 2.24) is 10.6 Å². The first-order valence-corrected chi connectivity index (χ1v) is 10.0. The van der Waals surface area contributed by atoms with Crippen molar-refractivity contribution in [3.8, 4) is 0 Å². The molecule has 0 saturated carbocycles. The normalized spacial score (nSPS) is 15.9. The fraction of sp³-hybridized carbons (Fsp3) is 0.500. The van der Waals surface area contributed by atoms with Crippen molar-refractivity contribution in [3.05, 3.63) is 53.0 Å². The molecule has 1 unspecified atom stereocenters. The Kier molecular flexibility index (Phi) is 8.39. The molecule has 0 spiro atoms. The van der Waals surface area contributed by atoms with Crippen LogP contribution in [0.3, 0.4) is 0 Å². The molecule has 3 rings (SSSR count). The van der Waals surface area contributed by atoms with Gasteiger partial charge < -0.3 is 25.1 Å². The first-order chi connectivity index (χ1) is 13.4. The number of aliphatic hydroxyl groups is 1. The molecule has 1 aliphatic heterocycles. The van der Waals surface area contributed by atoms with Gasteiger partial charge in [0.1, 0.15) is 17.1 Å². The second-order valence-electron chi connectivity index (χ2n) is 7.72. The molecular formula is C22H33IN4O2. The predicted octanol–water partition coefficient (Wildman–Crippen LogP) is 3.55. The van der Waals surface area contributed by atoms with E-state index in [0.29, 0.717) is 24.8 Å². The lowest BCUT2D eigenvalue weighted by Gasteiger charge is -2.27. The molecule has 3 N–H and O–H groups in total. The number of furan rings is 1. The molecule has 29 heavy (non-hydrogen) atoms. The molecule has 6 nitrogen and oxygen atoms in total. The van der Waals surface area contributed by atoms with Crippen molar-refractivity contribution >= 4 is 35.6 Å². The largest absolute Gasteiger partial charge is 0.463 e. The maximum absolute atomic E-state index is 10.7. The molecule has 0 radical (unpaired) electrons. The summed E-state index contributed by atoms with van der Waals surface area (Å²) in [5, 5.41) is 17.2. The minimum Gasteiger partial charge on any atom is -0.463 e. The number of halogens is 1. The van der Waals surface area contributed by atoms with E-state index >= 15 is 0 Å². The Morgan fingerprint density at radius 1 is 1.28 bits per heavy atom. The Hall–Kier alpha value is -1.74. The lowest BCUT2D eigenvalue weighted by molar-refractivity contribution is 0.0378. The number of fused-ring (bicyclic) bond motifs is 1. The molecule has 0 amide bonds. The number of nitrogens with zero attached hydrogens (tertiary/aromatic N) is 2. The smallest absolute Gasteiger partial charge is 0.191 e. The van der Waals surface area contributed by atoms with Gasteiger partial charge in [0.2, 0.25) is 0 Å². The van der Waals surface area contributed by atoms with Crippen LogP contribution in [0, 0.1) is 6.92 Å². The van der Waals surface area contributed by atoms with Gasteiger partial charge >= 0.3 is 0 Å². The van der Waals surface area contributed by atoms with Crippen molar-refractivity contribution in [1.29, 1.82) is 0 Å². The fourth-order valence-corrected chi connectivity index (χ4v) is 3.52. The van der Waals surface area contributed by atoms with E-state index < -0.39 is 5.60 Å². The average Bonchev–Trinajstić information content (AvgIpc) is 3.11. The summed E-state index contributed by atoms with van der Waals surface area (Å²) < 4.78 is 5.58. The van der Waals surface area contributed by atoms with Crippen LogP contribution in [0.1, 0.15) is 42.9 Å². The highest BCUT2D eigenvalue weighted by molar-refractivity contribution is 14.0. The molecule has 0 aliphatic carbocycles. The quantitative estimate of drug-likeness (QED) is 0.314. The molecule has 1 aromatic carbocycles. The highest BCUT2D eigenvalue weighted by atomic mass is 127. The summed E-state index contributed by atoms with van der Waals surface area (Å²) in [7, 11) is 2.15. The van der Waals surface area contributed by atoms with E-state index in [1.165, 1.54) is 23.2 Å². The zero-order chi connectivity index (χ0) is 20.1. The fourth-order valence-electron chi connectivity index (χ4n) is 3.52. The maximum Gasteiger partial charge on any atom is 0.191 e. The molecule has 7 heteroatoms. The van der Waals surface area contributed by atoms with Crippen LogP contribution in [0.2, 0.25) is 0 Å². The highest BCUT2D eigenvalue weighted by Crippen LogP contribution is 2.27. The van der Waals surface area contributed by atoms with Crippen molar-refractivity contribution in [3.63, 3.8) is 0 Å². The zero-order valence-corrected chi connectivity index (χ0v) is 20.1. The molecular weight excluding hydrogens is 479 g/mol. The van der Waals surface area contributed by atoms with Crippen LogP contribution in [0.5, 0.6) is 0 Å². The second-order valence-corrected chi connectivity index (χ2v) is 7.72. The van der Waals surface area contributed by atoms with E-state index in [0.717, 1.165) is 25.3 Å². The van der Waals surface area contributed by atoms with E-state index in [9.17, 15) is 5.11 Å². The second kappa shape index (κ2) is 10.3. The van der Waals surface area contributed by atoms with Gasteiger partial charge in [-0.2, -0.15) is 0 Å². The van der Waals surface area contributed by atoms with Crippen molar-refractivity contribution in [2.45, 2.75) is 45.8 Å². The van der Waals surface area contributed by atoms with E-state index in [-0.39, 0.29) is 24.0 Å². The molecule has 1 aliphatic rings. The SMILES string of the molecule is CCNC(=NCc1ccc2c(c1)CCCN2C)NCC(C)(O)c1ccc(C)o1.I. The van der Waals surface area contributed by atoms with E-state index in [1.807, 2.05) is 26.0 Å². The van der Waals surface area contributed by atoms with Gasteiger partial charge in [-0.15, -0.1) is 24.0 Å². The van der Waals surface area contributed by atoms with Gasteiger partial charge in [-0.3, -0.25) is 0 Å². The number of hydrogen-bond donors (Lipinski definition) is 3. The minimum atomic E-state index is -1.11. The monoisotopic (exact) mass is 512 g/mol. The first-order valence-electron chi connectivity index (χ1n) is 10.0. The summed E-state index contributed by atoms with van der Waals surface area (Å²) in [6.45, 7) is 8.41. The van der Waals surface area contributed by atoms with Gasteiger partial charge in [-0.05, 0) is 62.9 Å². The number of aliphatic imine (C=N–C) groups is 1. The Morgan fingerprint density at radius 3 is 2.76 bits per heavy atom. The molecule has 2 heterocycles. The van der Waals surface area contributed by atoms with Gasteiger partial charge in [0.25, 0.3) is 0 Å². The average molecular weight is 512 g/mol. The van der Waals surface area contributed by atoms with Crippen LogP contribution in [-0.4, -0.2) is 37.7 Å². The van der Waals surface area contributed by atoms with Crippen molar-refractivity contribution in [2.24, 2.45) is 4.99 Å². The Balaban J connectivity index is 0.00000300. The molecule has 1 atom stereocenters. The third-order valence-corrected chi connectivity index (χ3v) is 5.13. The number of benzene rings is 1. The minimum absolute atomic E-state index is 0. The van der Waals surface area contributed by atoms with E-state index in [4.69, 9.17) is 9.41 Å². The molecule has 2 aromatic rings. The van der Waals surface area contributed by atoms with E-state index in [1.54, 1.807) is 6.92 Å². The van der Waals surface area contributed by atoms with Crippen LogP contribution in [0.4, 0.5) is 5.69 Å². The summed E-state index contributed by atoms with van der Waals surface area (Å²) in [5.41, 5.74) is 2.81. The van der Waals surface area contributed by atoms with Gasteiger partial charge in [-0.25, -0.2) is 4.99 Å². The lowest BCUT2D eigenvalue weighted by atomic mass is 10.00. The standard InChI is InChI=1S/C22H32N4O2.HI/c1-5-23-21(25-15-22(3,27)20-11-8-16(2)28-20)24-14-17-9-10-19-18(13-17)7-6-12-26(19)4;/h8-11,13,27H,5-7,12,14-15H2,1-4H3,(H2,23,24,25);1H. The van der Waals surface area contributed by atoms with Crippen LogP contribution < -0.4 is 15.5 Å². The van der Waals surface area contributed by atoms with Gasteiger partial charge in [0.15, 0.2) is 5.96 Å². The summed E-state index contributed by atoms with van der Waals surface area (Å²) in [6, 6.07) is 10.3. The number of anilines is 1. The van der Waals surface area contributed by atoms with Crippen LogP contribution in [0.15, 0.2) is 39.7 Å². The maximum atomic E-state index is 10.7. The third-order valence-electron chi connectivity index (χ3n) is 5.13. The van der Waals surface area contributed by atoms with E-state index in [2.05, 4.69) is 40.8 Å². The topological polar surface area (TPSA) is 73.0 Å². The molecule has 0 saturated heterocycles. The van der Waals surface area contributed by atoms with Crippen molar-refractivity contribution < 1.29 is 9.52 Å².